The number of pyridine rings is 1. The van der Waals surface area contributed by atoms with E-state index in [4.69, 9.17) is 10.5 Å². The maximum absolute atomic E-state index is 13.1. The highest BCUT2D eigenvalue weighted by molar-refractivity contribution is 6.06. The van der Waals surface area contributed by atoms with E-state index in [1.807, 2.05) is 38.1 Å². The molecule has 156 valence electrons. The van der Waals surface area contributed by atoms with Crippen LogP contribution >= 0.6 is 0 Å². The number of halogens is 1. The van der Waals surface area contributed by atoms with Crippen molar-refractivity contribution in [1.29, 1.82) is 0 Å². The van der Waals surface area contributed by atoms with Gasteiger partial charge in [-0.1, -0.05) is 18.2 Å². The lowest BCUT2D eigenvalue weighted by atomic mass is 10.1. The van der Waals surface area contributed by atoms with Crippen LogP contribution in [-0.4, -0.2) is 10.9 Å². The number of nitrogen functional groups attached to an aromatic ring is 1. The fraction of sp³-hybridized carbons (Fsp3) is 0.120. The number of aryl methyl sites for hydroxylation is 1. The van der Waals surface area contributed by atoms with Gasteiger partial charge in [-0.15, -0.1) is 0 Å². The van der Waals surface area contributed by atoms with Crippen molar-refractivity contribution in [3.63, 3.8) is 0 Å². The Labute approximate surface area is 179 Å². The van der Waals surface area contributed by atoms with Crippen molar-refractivity contribution >= 4 is 28.2 Å². The number of ether oxygens (including phenoxy) is 1. The van der Waals surface area contributed by atoms with Gasteiger partial charge < -0.3 is 15.8 Å². The Morgan fingerprint density at radius 3 is 2.58 bits per heavy atom. The molecule has 0 unspecified atom stereocenters. The number of fused-ring (bicyclic) bond motifs is 1. The minimum atomic E-state index is -0.330. The number of hydrogen-bond donors (Lipinski definition) is 2. The third-order valence-electron chi connectivity index (χ3n) is 5.25. The van der Waals surface area contributed by atoms with Crippen LogP contribution in [0, 0.1) is 19.7 Å². The zero-order valence-electron chi connectivity index (χ0n) is 17.3. The Hall–Kier alpha value is -3.93. The first kappa shape index (κ1) is 20.3. The standard InChI is InChI=1S/C25H22FN3O2/c1-15-16(2)28-23-12-9-19(13-22(23)24(15)27)29-25(30)21-6-4-3-5-17(21)14-31-20-10-7-18(26)8-11-20/h3-13H,14H2,1-2H3,(H2,27,28)(H,29,30). The van der Waals surface area contributed by atoms with Gasteiger partial charge in [0.25, 0.3) is 5.91 Å². The van der Waals surface area contributed by atoms with E-state index in [1.54, 1.807) is 30.3 Å². The van der Waals surface area contributed by atoms with E-state index in [2.05, 4.69) is 10.3 Å². The van der Waals surface area contributed by atoms with E-state index >= 15 is 0 Å². The molecule has 0 spiro atoms. The van der Waals surface area contributed by atoms with Gasteiger partial charge in [0, 0.05) is 33.6 Å². The average molecular weight is 415 g/mol. The number of carbonyl (C=O) groups is 1. The van der Waals surface area contributed by atoms with Crippen LogP contribution in [0.5, 0.6) is 5.75 Å². The molecule has 1 heterocycles. The number of benzene rings is 3. The second kappa shape index (κ2) is 8.44. The molecule has 4 rings (SSSR count). The van der Waals surface area contributed by atoms with Crippen LogP contribution in [0.4, 0.5) is 15.8 Å². The summed E-state index contributed by atoms with van der Waals surface area (Å²) in [5.74, 6) is -0.0588. The summed E-state index contributed by atoms with van der Waals surface area (Å²) in [7, 11) is 0. The lowest BCUT2D eigenvalue weighted by Crippen LogP contribution is -2.15. The monoisotopic (exact) mass is 415 g/mol. The molecule has 0 aliphatic heterocycles. The first-order valence-electron chi connectivity index (χ1n) is 9.86. The number of rotatable bonds is 5. The van der Waals surface area contributed by atoms with E-state index in [-0.39, 0.29) is 18.3 Å². The molecule has 1 amide bonds. The second-order valence-electron chi connectivity index (χ2n) is 7.32. The van der Waals surface area contributed by atoms with Gasteiger partial charge in [0.15, 0.2) is 0 Å². The van der Waals surface area contributed by atoms with Crippen LogP contribution in [0.1, 0.15) is 27.2 Å². The first-order valence-corrected chi connectivity index (χ1v) is 9.86. The van der Waals surface area contributed by atoms with Crippen molar-refractivity contribution in [2.75, 3.05) is 11.1 Å². The molecule has 0 saturated heterocycles. The average Bonchev–Trinajstić information content (AvgIpc) is 2.78. The van der Waals surface area contributed by atoms with E-state index in [0.29, 0.717) is 22.7 Å². The lowest BCUT2D eigenvalue weighted by molar-refractivity contribution is 0.102. The number of amides is 1. The third-order valence-corrected chi connectivity index (χ3v) is 5.25. The van der Waals surface area contributed by atoms with Crippen LogP contribution < -0.4 is 15.8 Å². The number of carbonyl (C=O) groups excluding carboxylic acids is 1. The number of aromatic nitrogens is 1. The van der Waals surface area contributed by atoms with Crippen molar-refractivity contribution < 1.29 is 13.9 Å². The van der Waals surface area contributed by atoms with Crippen molar-refractivity contribution in [3.05, 3.63) is 94.9 Å². The summed E-state index contributed by atoms with van der Waals surface area (Å²) >= 11 is 0. The summed E-state index contributed by atoms with van der Waals surface area (Å²) in [6.07, 6.45) is 0. The summed E-state index contributed by atoms with van der Waals surface area (Å²) in [5.41, 5.74) is 11.4. The van der Waals surface area contributed by atoms with Gasteiger partial charge in [-0.25, -0.2) is 4.39 Å². The summed E-state index contributed by atoms with van der Waals surface area (Å²) < 4.78 is 18.8. The summed E-state index contributed by atoms with van der Waals surface area (Å²) in [5, 5.41) is 3.73. The van der Waals surface area contributed by atoms with Gasteiger partial charge in [-0.05, 0) is 67.9 Å². The highest BCUT2D eigenvalue weighted by Crippen LogP contribution is 2.28. The van der Waals surface area contributed by atoms with Crippen LogP contribution in [-0.2, 0) is 6.61 Å². The van der Waals surface area contributed by atoms with Crippen LogP contribution in [0.3, 0.4) is 0 Å². The zero-order chi connectivity index (χ0) is 22.0. The number of nitrogens with zero attached hydrogens (tertiary/aromatic N) is 1. The quantitative estimate of drug-likeness (QED) is 0.457. The molecule has 5 nitrogen and oxygen atoms in total. The Balaban J connectivity index is 1.55. The molecule has 6 heteroatoms. The Morgan fingerprint density at radius 1 is 1.06 bits per heavy atom. The largest absolute Gasteiger partial charge is 0.489 e. The minimum Gasteiger partial charge on any atom is -0.489 e. The van der Waals surface area contributed by atoms with Crippen molar-refractivity contribution in [2.24, 2.45) is 0 Å². The molecule has 4 aromatic rings. The molecule has 0 saturated carbocycles. The van der Waals surface area contributed by atoms with Crippen molar-refractivity contribution in [3.8, 4) is 5.75 Å². The van der Waals surface area contributed by atoms with Gasteiger partial charge in [-0.3, -0.25) is 9.78 Å². The maximum Gasteiger partial charge on any atom is 0.256 e. The molecular formula is C25H22FN3O2. The minimum absolute atomic E-state index is 0.183. The molecular weight excluding hydrogens is 393 g/mol. The highest BCUT2D eigenvalue weighted by Gasteiger charge is 2.13. The van der Waals surface area contributed by atoms with Gasteiger partial charge in [0.05, 0.1) is 5.52 Å². The van der Waals surface area contributed by atoms with Gasteiger partial charge in [0.2, 0.25) is 0 Å². The summed E-state index contributed by atoms with van der Waals surface area (Å²) in [4.78, 5) is 17.5. The topological polar surface area (TPSA) is 77.2 Å². The predicted molar refractivity (Wildman–Crippen MR) is 121 cm³/mol. The van der Waals surface area contributed by atoms with Crippen LogP contribution in [0.2, 0.25) is 0 Å². The Morgan fingerprint density at radius 2 is 1.81 bits per heavy atom. The predicted octanol–water partition coefficient (Wildman–Crippen LogP) is 5.40. The molecule has 0 bridgehead atoms. The maximum atomic E-state index is 13.1. The third kappa shape index (κ3) is 4.33. The molecule has 3 aromatic carbocycles. The van der Waals surface area contributed by atoms with E-state index < -0.39 is 0 Å². The number of nitrogens with one attached hydrogen (secondary N) is 1. The lowest BCUT2D eigenvalue weighted by Gasteiger charge is -2.13. The molecule has 0 aliphatic carbocycles. The Kier molecular flexibility index (Phi) is 5.54. The molecule has 1 aromatic heterocycles. The molecule has 0 radical (unpaired) electrons. The number of anilines is 2. The van der Waals surface area contributed by atoms with E-state index in [0.717, 1.165) is 27.7 Å². The molecule has 31 heavy (non-hydrogen) atoms. The fourth-order valence-electron chi connectivity index (χ4n) is 3.35. The fourth-order valence-corrected chi connectivity index (χ4v) is 3.35. The van der Waals surface area contributed by atoms with Crippen LogP contribution in [0.25, 0.3) is 10.9 Å². The van der Waals surface area contributed by atoms with Crippen molar-refractivity contribution in [1.82, 2.24) is 4.98 Å². The molecule has 0 fully saturated rings. The SMILES string of the molecule is Cc1nc2ccc(NC(=O)c3ccccc3COc3ccc(F)cc3)cc2c(N)c1C. The van der Waals surface area contributed by atoms with E-state index in [1.165, 1.54) is 12.1 Å². The van der Waals surface area contributed by atoms with Gasteiger partial charge >= 0.3 is 0 Å². The second-order valence-corrected chi connectivity index (χ2v) is 7.32. The Bertz CT molecular complexity index is 1270. The van der Waals surface area contributed by atoms with Gasteiger partial charge in [-0.2, -0.15) is 0 Å². The highest BCUT2D eigenvalue weighted by atomic mass is 19.1. The van der Waals surface area contributed by atoms with Crippen molar-refractivity contribution in [2.45, 2.75) is 20.5 Å². The first-order chi connectivity index (χ1) is 14.9. The number of hydrogen-bond acceptors (Lipinski definition) is 4. The molecule has 3 N–H and O–H groups in total. The molecule has 0 aliphatic rings. The number of nitrogens with two attached hydrogens (primary N) is 1. The zero-order valence-corrected chi connectivity index (χ0v) is 17.3. The van der Waals surface area contributed by atoms with Crippen LogP contribution in [0.15, 0.2) is 66.7 Å². The van der Waals surface area contributed by atoms with E-state index in [9.17, 15) is 9.18 Å². The molecule has 0 atom stereocenters. The summed E-state index contributed by atoms with van der Waals surface area (Å²) in [6, 6.07) is 18.4. The normalized spacial score (nSPS) is 10.8. The smallest absolute Gasteiger partial charge is 0.256 e. The summed E-state index contributed by atoms with van der Waals surface area (Å²) in [6.45, 7) is 4.04. The van der Waals surface area contributed by atoms with Gasteiger partial charge in [0.1, 0.15) is 18.2 Å².